The Kier molecular flexibility index (Phi) is 5.73. The monoisotopic (exact) mass is 228 g/mol. The molecular weight excluding hydrogens is 200 g/mol. The van der Waals surface area contributed by atoms with E-state index in [0.29, 0.717) is 6.04 Å². The molecule has 0 saturated carbocycles. The van der Waals surface area contributed by atoms with Gasteiger partial charge >= 0.3 is 0 Å². The summed E-state index contributed by atoms with van der Waals surface area (Å²) >= 11 is 0. The lowest BCUT2D eigenvalue weighted by Gasteiger charge is -2.26. The van der Waals surface area contributed by atoms with Gasteiger partial charge in [0.25, 0.3) is 0 Å². The van der Waals surface area contributed by atoms with Gasteiger partial charge in [0.2, 0.25) is 0 Å². The first-order valence-corrected chi connectivity index (χ1v) is 6.56. The van der Waals surface area contributed by atoms with Crippen LogP contribution in [-0.4, -0.2) is 60.8 Å². The molecule has 1 fully saturated rings. The summed E-state index contributed by atoms with van der Waals surface area (Å²) in [5, 5.41) is 9.73. The van der Waals surface area contributed by atoms with Crippen LogP contribution in [0.4, 0.5) is 0 Å². The fourth-order valence-corrected chi connectivity index (χ4v) is 2.55. The van der Waals surface area contributed by atoms with Crippen LogP contribution < -0.4 is 0 Å². The second-order valence-corrected chi connectivity index (χ2v) is 5.84. The van der Waals surface area contributed by atoms with Crippen molar-refractivity contribution in [2.75, 3.05) is 33.7 Å². The molecule has 0 radical (unpaired) electrons. The van der Waals surface area contributed by atoms with E-state index in [2.05, 4.69) is 37.7 Å². The predicted octanol–water partition coefficient (Wildman–Crippen LogP) is 1.42. The minimum Gasteiger partial charge on any atom is -0.392 e. The molecule has 0 aromatic rings. The van der Waals surface area contributed by atoms with E-state index in [-0.39, 0.29) is 6.10 Å². The fraction of sp³-hybridized carbons (Fsp3) is 1.00. The molecule has 16 heavy (non-hydrogen) atoms. The molecule has 96 valence electrons. The smallest absolute Gasteiger partial charge is 0.0682 e. The maximum Gasteiger partial charge on any atom is 0.0682 e. The summed E-state index contributed by atoms with van der Waals surface area (Å²) in [7, 11) is 4.22. The zero-order chi connectivity index (χ0) is 12.1. The van der Waals surface area contributed by atoms with Crippen molar-refractivity contribution in [3.05, 3.63) is 0 Å². The Morgan fingerprint density at radius 1 is 1.38 bits per heavy atom. The van der Waals surface area contributed by atoms with Crippen molar-refractivity contribution in [2.24, 2.45) is 5.92 Å². The highest BCUT2D eigenvalue weighted by Gasteiger charge is 2.30. The number of β-amino-alcohol motifs (C(OH)–C–C–N with tert-alkyl or cyclic N) is 1. The standard InChI is InChI=1S/C13H28N2O/c1-11(2)6-5-7-15-10-13(16)8-12(15)9-14(3)4/h11-13,16H,5-10H2,1-4H3. The highest BCUT2D eigenvalue weighted by Crippen LogP contribution is 2.19. The molecule has 1 N–H and O–H groups in total. The van der Waals surface area contributed by atoms with E-state index in [1.807, 2.05) is 0 Å². The van der Waals surface area contributed by atoms with E-state index < -0.39 is 0 Å². The molecule has 1 heterocycles. The zero-order valence-electron chi connectivity index (χ0n) is 11.3. The van der Waals surface area contributed by atoms with E-state index >= 15 is 0 Å². The number of rotatable bonds is 6. The molecule has 0 aromatic carbocycles. The summed E-state index contributed by atoms with van der Waals surface area (Å²) in [6, 6.07) is 0.553. The van der Waals surface area contributed by atoms with Gasteiger partial charge in [0.15, 0.2) is 0 Å². The summed E-state index contributed by atoms with van der Waals surface area (Å²) in [5.41, 5.74) is 0. The van der Waals surface area contributed by atoms with Crippen LogP contribution in [0.5, 0.6) is 0 Å². The first-order valence-electron chi connectivity index (χ1n) is 6.56. The Bertz CT molecular complexity index is 194. The number of hydrogen-bond donors (Lipinski definition) is 1. The highest BCUT2D eigenvalue weighted by atomic mass is 16.3. The summed E-state index contributed by atoms with van der Waals surface area (Å²) in [6.45, 7) is 7.63. The normalized spacial score (nSPS) is 27.2. The lowest BCUT2D eigenvalue weighted by molar-refractivity contribution is 0.171. The quantitative estimate of drug-likeness (QED) is 0.745. The van der Waals surface area contributed by atoms with Gasteiger partial charge in [-0.05, 0) is 45.8 Å². The van der Waals surface area contributed by atoms with Crippen LogP contribution in [0.3, 0.4) is 0 Å². The molecule has 2 atom stereocenters. The fourth-order valence-electron chi connectivity index (χ4n) is 2.55. The molecule has 1 aliphatic rings. The van der Waals surface area contributed by atoms with Gasteiger partial charge in [-0.3, -0.25) is 4.90 Å². The van der Waals surface area contributed by atoms with Crippen LogP contribution in [-0.2, 0) is 0 Å². The van der Waals surface area contributed by atoms with Gasteiger partial charge < -0.3 is 10.0 Å². The Hall–Kier alpha value is -0.120. The molecule has 3 heteroatoms. The Morgan fingerprint density at radius 2 is 2.06 bits per heavy atom. The van der Waals surface area contributed by atoms with Crippen LogP contribution in [0.1, 0.15) is 33.1 Å². The van der Waals surface area contributed by atoms with E-state index in [4.69, 9.17) is 0 Å². The maximum atomic E-state index is 9.73. The van der Waals surface area contributed by atoms with Crippen molar-refractivity contribution >= 4 is 0 Å². The third kappa shape index (κ3) is 4.81. The van der Waals surface area contributed by atoms with Gasteiger partial charge in [-0.1, -0.05) is 13.8 Å². The molecule has 1 rings (SSSR count). The minimum absolute atomic E-state index is 0.107. The predicted molar refractivity (Wildman–Crippen MR) is 68.6 cm³/mol. The van der Waals surface area contributed by atoms with E-state index in [1.54, 1.807) is 0 Å². The first-order chi connectivity index (χ1) is 7.49. The van der Waals surface area contributed by atoms with E-state index in [9.17, 15) is 5.11 Å². The van der Waals surface area contributed by atoms with E-state index in [0.717, 1.165) is 32.0 Å². The van der Waals surface area contributed by atoms with Crippen LogP contribution in [0, 0.1) is 5.92 Å². The topological polar surface area (TPSA) is 26.7 Å². The maximum absolute atomic E-state index is 9.73. The van der Waals surface area contributed by atoms with Crippen LogP contribution in [0.25, 0.3) is 0 Å². The molecular formula is C13H28N2O. The average molecular weight is 228 g/mol. The second kappa shape index (κ2) is 6.58. The zero-order valence-corrected chi connectivity index (χ0v) is 11.3. The van der Waals surface area contributed by atoms with Crippen molar-refractivity contribution in [1.82, 2.24) is 9.80 Å². The van der Waals surface area contributed by atoms with Gasteiger partial charge in [-0.15, -0.1) is 0 Å². The summed E-state index contributed by atoms with van der Waals surface area (Å²) in [5.74, 6) is 0.792. The first kappa shape index (κ1) is 13.9. The van der Waals surface area contributed by atoms with E-state index in [1.165, 1.54) is 12.8 Å². The number of nitrogens with zero attached hydrogens (tertiary/aromatic N) is 2. The number of hydrogen-bond acceptors (Lipinski definition) is 3. The highest BCUT2D eigenvalue weighted by molar-refractivity contribution is 4.86. The lowest BCUT2D eigenvalue weighted by Crippen LogP contribution is -2.38. The Morgan fingerprint density at radius 3 is 2.62 bits per heavy atom. The molecule has 0 amide bonds. The molecule has 1 aliphatic heterocycles. The minimum atomic E-state index is -0.107. The second-order valence-electron chi connectivity index (χ2n) is 5.84. The Labute approximate surface area is 100 Å². The average Bonchev–Trinajstić information content (AvgIpc) is 2.44. The van der Waals surface area contributed by atoms with Crippen LogP contribution in [0.2, 0.25) is 0 Å². The largest absolute Gasteiger partial charge is 0.392 e. The lowest BCUT2D eigenvalue weighted by atomic mass is 10.1. The molecule has 0 spiro atoms. The summed E-state index contributed by atoms with van der Waals surface area (Å²) in [6.07, 6.45) is 3.39. The van der Waals surface area contributed by atoms with Gasteiger partial charge in [0, 0.05) is 19.1 Å². The number of aliphatic hydroxyl groups excluding tert-OH is 1. The molecule has 0 bridgehead atoms. The molecule has 0 aromatic heterocycles. The SMILES string of the molecule is CC(C)CCCN1CC(O)CC1CN(C)C. The van der Waals surface area contributed by atoms with Gasteiger partial charge in [0.05, 0.1) is 6.10 Å². The van der Waals surface area contributed by atoms with Crippen LogP contribution in [0.15, 0.2) is 0 Å². The van der Waals surface area contributed by atoms with Crippen molar-refractivity contribution < 1.29 is 5.11 Å². The molecule has 1 saturated heterocycles. The summed E-state index contributed by atoms with van der Waals surface area (Å²) in [4.78, 5) is 4.69. The van der Waals surface area contributed by atoms with Crippen LogP contribution >= 0.6 is 0 Å². The Balaban J connectivity index is 2.31. The number of aliphatic hydroxyl groups is 1. The van der Waals surface area contributed by atoms with Crippen molar-refractivity contribution in [3.63, 3.8) is 0 Å². The van der Waals surface area contributed by atoms with Crippen molar-refractivity contribution in [3.8, 4) is 0 Å². The third-order valence-corrected chi connectivity index (χ3v) is 3.31. The van der Waals surface area contributed by atoms with Gasteiger partial charge in [-0.2, -0.15) is 0 Å². The number of likely N-dealkylation sites (N-methyl/N-ethyl adjacent to an activating group) is 1. The molecule has 3 nitrogen and oxygen atoms in total. The third-order valence-electron chi connectivity index (χ3n) is 3.31. The molecule has 2 unspecified atom stereocenters. The van der Waals surface area contributed by atoms with Gasteiger partial charge in [0.1, 0.15) is 0 Å². The van der Waals surface area contributed by atoms with Crippen molar-refractivity contribution in [1.29, 1.82) is 0 Å². The van der Waals surface area contributed by atoms with Gasteiger partial charge in [-0.25, -0.2) is 0 Å². The molecule has 0 aliphatic carbocycles. The summed E-state index contributed by atoms with van der Waals surface area (Å²) < 4.78 is 0. The van der Waals surface area contributed by atoms with Crippen molar-refractivity contribution in [2.45, 2.75) is 45.3 Å². The number of likely N-dealkylation sites (tertiary alicyclic amines) is 1.